The molecule has 2 aromatic carbocycles. The van der Waals surface area contributed by atoms with E-state index in [-0.39, 0.29) is 0 Å². The summed E-state index contributed by atoms with van der Waals surface area (Å²) in [5, 5.41) is 16.3. The Hall–Kier alpha value is -3.87. The maximum Gasteiger partial charge on any atom is 0.229 e. The first kappa shape index (κ1) is 16.1. The fourth-order valence-corrected chi connectivity index (χ4v) is 3.61. The second-order valence-electron chi connectivity index (χ2n) is 7.43. The van der Waals surface area contributed by atoms with Gasteiger partial charge in [0.1, 0.15) is 5.82 Å². The van der Waals surface area contributed by atoms with Crippen LogP contribution in [-0.4, -0.2) is 25.1 Å². The van der Waals surface area contributed by atoms with Crippen LogP contribution >= 0.6 is 0 Å². The van der Waals surface area contributed by atoms with Gasteiger partial charge in [-0.15, -0.1) is 0 Å². The lowest BCUT2D eigenvalue weighted by Gasteiger charge is -2.11. The first-order valence-corrected chi connectivity index (χ1v) is 9.75. The Morgan fingerprint density at radius 2 is 1.86 bits per heavy atom. The summed E-state index contributed by atoms with van der Waals surface area (Å²) in [7, 11) is 0. The Morgan fingerprint density at radius 3 is 2.79 bits per heavy atom. The van der Waals surface area contributed by atoms with Crippen LogP contribution < -0.4 is 10.6 Å². The number of anilines is 4. The lowest BCUT2D eigenvalue weighted by Crippen LogP contribution is -2.02. The zero-order chi connectivity index (χ0) is 19.2. The standard InChI is InChI=1S/C22H19N7/c1-2-4-17-16(3-1)21(26-20-12-19(28-29-20)13-5-6-13)27-22(25-17)24-15-8-7-14-9-10-23-18(14)11-15/h1-4,7-13,23H,5-6H2,(H3,24,25,26,27,28,29). The minimum absolute atomic E-state index is 0.537. The van der Waals surface area contributed by atoms with Gasteiger partial charge in [-0.1, -0.05) is 18.2 Å². The van der Waals surface area contributed by atoms with Crippen LogP contribution in [0.3, 0.4) is 0 Å². The Balaban J connectivity index is 1.37. The molecule has 1 fully saturated rings. The van der Waals surface area contributed by atoms with Crippen molar-refractivity contribution in [3.8, 4) is 0 Å². The second kappa shape index (κ2) is 6.34. The van der Waals surface area contributed by atoms with E-state index >= 15 is 0 Å². The monoisotopic (exact) mass is 381 g/mol. The van der Waals surface area contributed by atoms with Crippen LogP contribution in [0.1, 0.15) is 24.5 Å². The molecule has 4 N–H and O–H groups in total. The molecule has 0 aliphatic heterocycles. The molecule has 7 heteroatoms. The molecular formula is C22H19N7. The Morgan fingerprint density at radius 1 is 0.931 bits per heavy atom. The molecule has 0 atom stereocenters. The van der Waals surface area contributed by atoms with E-state index in [0.29, 0.717) is 11.9 Å². The number of benzene rings is 2. The molecule has 6 rings (SSSR count). The van der Waals surface area contributed by atoms with Crippen molar-refractivity contribution in [2.24, 2.45) is 0 Å². The van der Waals surface area contributed by atoms with Crippen LogP contribution in [0.4, 0.5) is 23.3 Å². The third kappa shape index (κ3) is 3.06. The number of nitrogens with one attached hydrogen (secondary N) is 4. The maximum atomic E-state index is 4.73. The molecule has 0 radical (unpaired) electrons. The Kier molecular flexibility index (Phi) is 3.52. The van der Waals surface area contributed by atoms with Gasteiger partial charge in [-0.3, -0.25) is 5.10 Å². The summed E-state index contributed by atoms with van der Waals surface area (Å²) in [6.07, 6.45) is 4.40. The van der Waals surface area contributed by atoms with Crippen molar-refractivity contribution < 1.29 is 0 Å². The summed E-state index contributed by atoms with van der Waals surface area (Å²) in [6, 6.07) is 18.2. The van der Waals surface area contributed by atoms with Crippen LogP contribution in [0.5, 0.6) is 0 Å². The van der Waals surface area contributed by atoms with Crippen LogP contribution in [0.15, 0.2) is 60.8 Å². The summed E-state index contributed by atoms with van der Waals surface area (Å²) in [4.78, 5) is 12.6. The lowest BCUT2D eigenvalue weighted by atomic mass is 10.2. The summed E-state index contributed by atoms with van der Waals surface area (Å²) in [6.45, 7) is 0. The highest BCUT2D eigenvalue weighted by molar-refractivity contribution is 5.92. The highest BCUT2D eigenvalue weighted by atomic mass is 15.2. The number of H-pyrrole nitrogens is 2. The van der Waals surface area contributed by atoms with Gasteiger partial charge in [-0.05, 0) is 48.6 Å². The average Bonchev–Trinajstić information content (AvgIpc) is 3.30. The maximum absolute atomic E-state index is 4.73. The number of hydrogen-bond donors (Lipinski definition) is 4. The third-order valence-electron chi connectivity index (χ3n) is 5.28. The van der Waals surface area contributed by atoms with E-state index in [1.165, 1.54) is 23.9 Å². The van der Waals surface area contributed by atoms with Crippen molar-refractivity contribution in [1.29, 1.82) is 0 Å². The van der Waals surface area contributed by atoms with Gasteiger partial charge in [0.15, 0.2) is 5.82 Å². The molecule has 29 heavy (non-hydrogen) atoms. The third-order valence-corrected chi connectivity index (χ3v) is 5.28. The van der Waals surface area contributed by atoms with Gasteiger partial charge in [0.25, 0.3) is 0 Å². The molecule has 0 unspecified atom stereocenters. The minimum Gasteiger partial charge on any atom is -0.361 e. The van der Waals surface area contributed by atoms with Crippen molar-refractivity contribution in [3.05, 3.63) is 66.5 Å². The first-order chi connectivity index (χ1) is 14.3. The summed E-state index contributed by atoms with van der Waals surface area (Å²) >= 11 is 0. The number of para-hydroxylation sites is 1. The Labute approximate surface area is 166 Å². The normalized spacial score (nSPS) is 13.8. The van der Waals surface area contributed by atoms with Crippen LogP contribution in [0.2, 0.25) is 0 Å². The van der Waals surface area contributed by atoms with Gasteiger partial charge in [0.05, 0.1) is 5.52 Å². The van der Waals surface area contributed by atoms with Gasteiger partial charge in [-0.25, -0.2) is 4.98 Å². The number of hydrogen-bond acceptors (Lipinski definition) is 5. The molecule has 5 aromatic rings. The fraction of sp³-hybridized carbons (Fsp3) is 0.136. The largest absolute Gasteiger partial charge is 0.361 e. The van der Waals surface area contributed by atoms with Gasteiger partial charge in [-0.2, -0.15) is 10.1 Å². The molecule has 1 aliphatic rings. The molecule has 0 spiro atoms. The SMILES string of the molecule is c1ccc2c(Nc3cc(C4CC4)[nH]n3)nc(Nc3ccc4cc[nH]c4c3)nc2c1. The molecule has 7 nitrogen and oxygen atoms in total. The average molecular weight is 381 g/mol. The van der Waals surface area contributed by atoms with Crippen molar-refractivity contribution in [2.45, 2.75) is 18.8 Å². The van der Waals surface area contributed by atoms with E-state index in [0.717, 1.165) is 33.7 Å². The predicted molar refractivity (Wildman–Crippen MR) is 115 cm³/mol. The van der Waals surface area contributed by atoms with Crippen molar-refractivity contribution in [3.63, 3.8) is 0 Å². The molecule has 0 bridgehead atoms. The summed E-state index contributed by atoms with van der Waals surface area (Å²) in [5.41, 5.74) is 4.05. The van der Waals surface area contributed by atoms with E-state index in [4.69, 9.17) is 4.98 Å². The second-order valence-corrected chi connectivity index (χ2v) is 7.43. The molecule has 3 heterocycles. The molecule has 3 aromatic heterocycles. The zero-order valence-electron chi connectivity index (χ0n) is 15.6. The fourth-order valence-electron chi connectivity index (χ4n) is 3.61. The van der Waals surface area contributed by atoms with Gasteiger partial charge < -0.3 is 15.6 Å². The molecule has 0 amide bonds. The van der Waals surface area contributed by atoms with Crippen LogP contribution in [0, 0.1) is 0 Å². The summed E-state index contributed by atoms with van der Waals surface area (Å²) in [5.74, 6) is 2.66. The lowest BCUT2D eigenvalue weighted by molar-refractivity contribution is 0.966. The minimum atomic E-state index is 0.537. The van der Waals surface area contributed by atoms with Crippen molar-refractivity contribution >= 4 is 45.1 Å². The molecule has 142 valence electrons. The van der Waals surface area contributed by atoms with Crippen molar-refractivity contribution in [2.75, 3.05) is 10.6 Å². The quantitative estimate of drug-likeness (QED) is 0.336. The molecule has 0 saturated heterocycles. The molecule has 1 saturated carbocycles. The number of fused-ring (bicyclic) bond motifs is 2. The Bertz CT molecular complexity index is 1330. The van der Waals surface area contributed by atoms with Gasteiger partial charge in [0, 0.05) is 40.5 Å². The predicted octanol–water partition coefficient (Wildman–Crippen LogP) is 5.20. The van der Waals surface area contributed by atoms with E-state index < -0.39 is 0 Å². The number of nitrogens with zero attached hydrogens (tertiary/aromatic N) is 3. The van der Waals surface area contributed by atoms with E-state index in [1.807, 2.05) is 42.6 Å². The number of aromatic nitrogens is 5. The molecule has 1 aliphatic carbocycles. The summed E-state index contributed by atoms with van der Waals surface area (Å²) < 4.78 is 0. The van der Waals surface area contributed by atoms with E-state index in [2.05, 4.69) is 49.0 Å². The van der Waals surface area contributed by atoms with Gasteiger partial charge in [0.2, 0.25) is 5.95 Å². The highest BCUT2D eigenvalue weighted by Gasteiger charge is 2.25. The number of rotatable bonds is 5. The van der Waals surface area contributed by atoms with Gasteiger partial charge >= 0.3 is 0 Å². The van der Waals surface area contributed by atoms with Crippen LogP contribution in [0.25, 0.3) is 21.8 Å². The number of aromatic amines is 2. The smallest absolute Gasteiger partial charge is 0.229 e. The van der Waals surface area contributed by atoms with Crippen LogP contribution in [-0.2, 0) is 0 Å². The van der Waals surface area contributed by atoms with Crippen molar-refractivity contribution in [1.82, 2.24) is 25.1 Å². The zero-order valence-corrected chi connectivity index (χ0v) is 15.6. The first-order valence-electron chi connectivity index (χ1n) is 9.75. The molecular weight excluding hydrogens is 362 g/mol. The highest BCUT2D eigenvalue weighted by Crippen LogP contribution is 2.39. The topological polar surface area (TPSA) is 94.3 Å². The van der Waals surface area contributed by atoms with E-state index in [9.17, 15) is 0 Å². The van der Waals surface area contributed by atoms with E-state index in [1.54, 1.807) is 0 Å².